The summed E-state index contributed by atoms with van der Waals surface area (Å²) in [5.41, 5.74) is 7.33. The normalized spacial score (nSPS) is 18.2. The zero-order valence-electron chi connectivity index (χ0n) is 16.3. The number of carbonyl (C=O) groups is 1. The molecule has 2 aromatic rings. The number of hydrogen-bond acceptors (Lipinski definition) is 5. The first-order chi connectivity index (χ1) is 12.5. The van der Waals surface area contributed by atoms with Crippen molar-refractivity contribution in [3.05, 3.63) is 41.7 Å². The van der Waals surface area contributed by atoms with E-state index in [0.29, 0.717) is 42.7 Å². The van der Waals surface area contributed by atoms with Crippen LogP contribution in [-0.4, -0.2) is 46.8 Å². The number of aromatic nitrogens is 2. The van der Waals surface area contributed by atoms with E-state index in [1.54, 1.807) is 36.2 Å². The van der Waals surface area contributed by atoms with E-state index in [-0.39, 0.29) is 36.8 Å². The van der Waals surface area contributed by atoms with E-state index < -0.39 is 0 Å². The van der Waals surface area contributed by atoms with Crippen molar-refractivity contribution in [1.82, 2.24) is 14.7 Å². The number of rotatable bonds is 6. The van der Waals surface area contributed by atoms with Gasteiger partial charge in [-0.05, 0) is 44.0 Å². The molecule has 0 aliphatic carbocycles. The maximum absolute atomic E-state index is 12.9. The molecule has 9 heteroatoms. The Kier molecular flexibility index (Phi) is 9.07. The molecule has 1 fully saturated rings. The molecular formula is C19H28Cl2N4O3. The molecule has 0 bridgehead atoms. The average molecular weight is 431 g/mol. The highest BCUT2D eigenvalue weighted by Crippen LogP contribution is 2.31. The Hall–Kier alpha value is -1.96. The van der Waals surface area contributed by atoms with E-state index in [4.69, 9.17) is 15.2 Å². The monoisotopic (exact) mass is 430 g/mol. The van der Waals surface area contributed by atoms with Gasteiger partial charge in [0.05, 0.1) is 13.3 Å². The lowest BCUT2D eigenvalue weighted by molar-refractivity contribution is 0.0743. The number of benzene rings is 1. The second-order valence-electron chi connectivity index (χ2n) is 6.82. The maximum atomic E-state index is 12.9. The van der Waals surface area contributed by atoms with E-state index >= 15 is 0 Å². The van der Waals surface area contributed by atoms with Crippen LogP contribution >= 0.6 is 24.8 Å². The standard InChI is InChI=1S/C19H26N4O3.2ClH/c1-13-6-14(8-20)11-23(13)19(24)16-4-5-17(18(7-16)25-3)26-12-15-9-21-22(2)10-15;;/h4-5,7,9-10,13-14H,6,8,11-12,20H2,1-3H3;2*1H. The van der Waals surface area contributed by atoms with E-state index in [0.717, 1.165) is 12.0 Å². The molecule has 0 saturated carbocycles. The third-order valence-electron chi connectivity index (χ3n) is 4.82. The molecule has 1 aromatic carbocycles. The summed E-state index contributed by atoms with van der Waals surface area (Å²) in [5.74, 6) is 1.52. The summed E-state index contributed by atoms with van der Waals surface area (Å²) in [6, 6.07) is 5.50. The summed E-state index contributed by atoms with van der Waals surface area (Å²) in [6.45, 7) is 3.77. The molecule has 0 spiro atoms. The highest BCUT2D eigenvalue weighted by atomic mass is 35.5. The van der Waals surface area contributed by atoms with Crippen molar-refractivity contribution in [1.29, 1.82) is 0 Å². The van der Waals surface area contributed by atoms with Crippen molar-refractivity contribution in [3.8, 4) is 11.5 Å². The lowest BCUT2D eigenvalue weighted by atomic mass is 10.1. The van der Waals surface area contributed by atoms with E-state index in [2.05, 4.69) is 12.0 Å². The van der Waals surface area contributed by atoms with Gasteiger partial charge in [0.15, 0.2) is 11.5 Å². The number of aryl methyl sites for hydroxylation is 1. The van der Waals surface area contributed by atoms with Gasteiger partial charge in [-0.1, -0.05) is 0 Å². The minimum atomic E-state index is 0. The van der Waals surface area contributed by atoms with E-state index in [1.807, 2.05) is 18.1 Å². The minimum Gasteiger partial charge on any atom is -0.493 e. The van der Waals surface area contributed by atoms with Crippen LogP contribution in [0.1, 0.15) is 29.3 Å². The van der Waals surface area contributed by atoms with Crippen molar-refractivity contribution in [2.24, 2.45) is 18.7 Å². The summed E-state index contributed by atoms with van der Waals surface area (Å²) in [4.78, 5) is 14.7. The topological polar surface area (TPSA) is 82.6 Å². The Bertz CT molecular complexity index is 784. The fourth-order valence-electron chi connectivity index (χ4n) is 3.39. The maximum Gasteiger partial charge on any atom is 0.254 e. The van der Waals surface area contributed by atoms with E-state index in [9.17, 15) is 4.79 Å². The summed E-state index contributed by atoms with van der Waals surface area (Å²) in [6.07, 6.45) is 4.60. The van der Waals surface area contributed by atoms with Crippen molar-refractivity contribution in [2.75, 3.05) is 20.2 Å². The predicted octanol–water partition coefficient (Wildman–Crippen LogP) is 2.66. The van der Waals surface area contributed by atoms with Gasteiger partial charge in [0.2, 0.25) is 0 Å². The average Bonchev–Trinajstić information content (AvgIpc) is 3.24. The van der Waals surface area contributed by atoms with Gasteiger partial charge in [-0.3, -0.25) is 9.48 Å². The van der Waals surface area contributed by atoms with Gasteiger partial charge in [-0.25, -0.2) is 0 Å². The molecule has 156 valence electrons. The molecule has 2 unspecified atom stereocenters. The molecule has 3 rings (SSSR count). The van der Waals surface area contributed by atoms with Crippen LogP contribution in [0.3, 0.4) is 0 Å². The number of hydrogen-bond donors (Lipinski definition) is 1. The molecule has 0 radical (unpaired) electrons. The number of nitrogens with zero attached hydrogens (tertiary/aromatic N) is 3. The molecule has 7 nitrogen and oxygen atoms in total. The molecule has 1 saturated heterocycles. The zero-order valence-corrected chi connectivity index (χ0v) is 18.0. The van der Waals surface area contributed by atoms with Gasteiger partial charge >= 0.3 is 0 Å². The van der Waals surface area contributed by atoms with Crippen LogP contribution in [0.25, 0.3) is 0 Å². The Morgan fingerprint density at radius 3 is 2.64 bits per heavy atom. The van der Waals surface area contributed by atoms with Gasteiger partial charge in [0, 0.05) is 37.0 Å². The highest BCUT2D eigenvalue weighted by Gasteiger charge is 2.32. The second-order valence-corrected chi connectivity index (χ2v) is 6.82. The lowest BCUT2D eigenvalue weighted by Crippen LogP contribution is -2.34. The number of amides is 1. The number of nitrogens with two attached hydrogens (primary N) is 1. The molecule has 1 aliphatic rings. The Balaban J connectivity index is 0.00000196. The van der Waals surface area contributed by atoms with Crippen molar-refractivity contribution in [3.63, 3.8) is 0 Å². The van der Waals surface area contributed by atoms with Crippen LogP contribution in [0.4, 0.5) is 0 Å². The van der Waals surface area contributed by atoms with Gasteiger partial charge < -0.3 is 20.1 Å². The van der Waals surface area contributed by atoms with Gasteiger partial charge in [-0.2, -0.15) is 5.10 Å². The Morgan fingerprint density at radius 1 is 1.32 bits per heavy atom. The molecule has 2 atom stereocenters. The first-order valence-corrected chi connectivity index (χ1v) is 8.81. The van der Waals surface area contributed by atoms with Crippen molar-refractivity contribution < 1.29 is 14.3 Å². The second kappa shape index (κ2) is 10.5. The smallest absolute Gasteiger partial charge is 0.254 e. The van der Waals surface area contributed by atoms with Crippen LogP contribution in [0.2, 0.25) is 0 Å². The fraction of sp³-hybridized carbons (Fsp3) is 0.474. The molecule has 1 aromatic heterocycles. The van der Waals surface area contributed by atoms with E-state index in [1.165, 1.54) is 0 Å². The third-order valence-corrected chi connectivity index (χ3v) is 4.82. The van der Waals surface area contributed by atoms with Crippen LogP contribution < -0.4 is 15.2 Å². The number of methoxy groups -OCH3 is 1. The molecule has 2 N–H and O–H groups in total. The van der Waals surface area contributed by atoms with Crippen molar-refractivity contribution >= 4 is 30.7 Å². The van der Waals surface area contributed by atoms with Gasteiger partial charge in [0.1, 0.15) is 6.61 Å². The zero-order chi connectivity index (χ0) is 18.7. The van der Waals surface area contributed by atoms with Gasteiger partial charge in [0.25, 0.3) is 5.91 Å². The number of likely N-dealkylation sites (tertiary alicyclic amines) is 1. The molecule has 2 heterocycles. The Morgan fingerprint density at radius 2 is 2.07 bits per heavy atom. The highest BCUT2D eigenvalue weighted by molar-refractivity contribution is 5.95. The SMILES string of the molecule is COc1cc(C(=O)N2CC(CN)CC2C)ccc1OCc1cnn(C)c1.Cl.Cl. The summed E-state index contributed by atoms with van der Waals surface area (Å²) in [5, 5.41) is 4.12. The molecule has 28 heavy (non-hydrogen) atoms. The summed E-state index contributed by atoms with van der Waals surface area (Å²) >= 11 is 0. The predicted molar refractivity (Wildman–Crippen MR) is 113 cm³/mol. The largest absolute Gasteiger partial charge is 0.493 e. The lowest BCUT2D eigenvalue weighted by Gasteiger charge is -2.22. The molecular weight excluding hydrogens is 403 g/mol. The molecule has 1 aliphatic heterocycles. The first kappa shape index (κ1) is 24.1. The van der Waals surface area contributed by atoms with Crippen LogP contribution in [0.5, 0.6) is 11.5 Å². The quantitative estimate of drug-likeness (QED) is 0.761. The van der Waals surface area contributed by atoms with Crippen LogP contribution in [0.15, 0.2) is 30.6 Å². The fourth-order valence-corrected chi connectivity index (χ4v) is 3.39. The van der Waals surface area contributed by atoms with Crippen LogP contribution in [-0.2, 0) is 13.7 Å². The molecule has 1 amide bonds. The Labute approximate surface area is 178 Å². The number of carbonyl (C=O) groups excluding carboxylic acids is 1. The summed E-state index contributed by atoms with van der Waals surface area (Å²) in [7, 11) is 3.43. The number of ether oxygens (including phenoxy) is 2. The van der Waals surface area contributed by atoms with Crippen molar-refractivity contribution in [2.45, 2.75) is 26.0 Å². The van der Waals surface area contributed by atoms with Crippen LogP contribution in [0, 0.1) is 5.92 Å². The van der Waals surface area contributed by atoms with Gasteiger partial charge in [-0.15, -0.1) is 24.8 Å². The summed E-state index contributed by atoms with van der Waals surface area (Å²) < 4.78 is 13.0. The minimum absolute atomic E-state index is 0. The first-order valence-electron chi connectivity index (χ1n) is 8.81. The number of halogens is 2. The third kappa shape index (κ3) is 5.31.